The SMILES string of the molecule is CNCC(C)c1ccc(C#N)cc1.O=C(Cc1ccccc1)Nc1ccc(OC2CN(C(=P)CO)C2)cn1. The molecule has 0 radical (unpaired) electrons. The monoisotopic (exact) mass is 531 g/mol. The number of anilines is 1. The minimum atomic E-state index is -0.105. The maximum Gasteiger partial charge on any atom is 0.229 e. The fourth-order valence-electron chi connectivity index (χ4n) is 3.83. The normalized spacial score (nSPS) is 13.7. The number of pyridine rings is 1. The summed E-state index contributed by atoms with van der Waals surface area (Å²) in [6, 6.07) is 22.9. The van der Waals surface area contributed by atoms with E-state index in [1.807, 2.05) is 66.5 Å². The van der Waals surface area contributed by atoms with E-state index in [-0.39, 0.29) is 18.6 Å². The van der Waals surface area contributed by atoms with E-state index in [1.54, 1.807) is 18.3 Å². The molecule has 8 nitrogen and oxygen atoms in total. The molecular weight excluding hydrogens is 497 g/mol. The highest BCUT2D eigenvalue weighted by molar-refractivity contribution is 7.20. The highest BCUT2D eigenvalue weighted by Gasteiger charge is 2.30. The summed E-state index contributed by atoms with van der Waals surface area (Å²) in [5.74, 6) is 1.55. The van der Waals surface area contributed by atoms with Crippen LogP contribution in [0, 0.1) is 11.3 Å². The van der Waals surface area contributed by atoms with Gasteiger partial charge < -0.3 is 20.5 Å². The standard InChI is InChI=1S/C18H20N3O3P.C11H14N2/c22-12-18(25)21-10-15(11-21)24-14-6-7-16(19-9-14)20-17(23)8-13-4-2-1-3-5-13;1-9(8-13-2)11-5-3-10(7-12)4-6-11/h1-7,9,15,22,25H,8,10-12H2,(H,19,20,23);3-6,9,13H,8H2,1-2H3. The van der Waals surface area contributed by atoms with Gasteiger partial charge in [-0.2, -0.15) is 5.26 Å². The first-order valence-corrected chi connectivity index (χ1v) is 13.0. The topological polar surface area (TPSA) is 111 Å². The van der Waals surface area contributed by atoms with Gasteiger partial charge in [-0.15, -0.1) is 8.86 Å². The zero-order valence-corrected chi connectivity index (χ0v) is 22.7. The second kappa shape index (κ2) is 15.0. The van der Waals surface area contributed by atoms with Gasteiger partial charge in [0.25, 0.3) is 0 Å². The number of amides is 1. The Bertz CT molecular complexity index is 1210. The molecule has 198 valence electrons. The molecule has 3 aromatic rings. The number of carbonyl (C=O) groups is 1. The molecule has 1 unspecified atom stereocenters. The molecule has 3 N–H and O–H groups in total. The zero-order chi connectivity index (χ0) is 27.3. The fourth-order valence-corrected chi connectivity index (χ4v) is 4.01. The minimum Gasteiger partial charge on any atom is -0.486 e. The molecule has 1 saturated heterocycles. The number of ether oxygens (including phenoxy) is 1. The highest BCUT2D eigenvalue weighted by Crippen LogP contribution is 2.19. The first kappa shape index (κ1) is 29.0. The van der Waals surface area contributed by atoms with Gasteiger partial charge in [0, 0.05) is 25.1 Å². The lowest BCUT2D eigenvalue weighted by Gasteiger charge is -2.39. The molecule has 2 heterocycles. The van der Waals surface area contributed by atoms with Gasteiger partial charge in [0.05, 0.1) is 30.9 Å². The van der Waals surface area contributed by atoms with Crippen LogP contribution in [0.25, 0.3) is 0 Å². The van der Waals surface area contributed by atoms with Crippen LogP contribution >= 0.6 is 8.86 Å². The van der Waals surface area contributed by atoms with Gasteiger partial charge >= 0.3 is 0 Å². The zero-order valence-electron chi connectivity index (χ0n) is 21.7. The van der Waals surface area contributed by atoms with Crippen molar-refractivity contribution in [3.8, 4) is 11.8 Å². The van der Waals surface area contributed by atoms with Gasteiger partial charge in [0.1, 0.15) is 17.7 Å². The van der Waals surface area contributed by atoms with Crippen LogP contribution in [0.15, 0.2) is 72.9 Å². The average molecular weight is 532 g/mol. The third-order valence-electron chi connectivity index (χ3n) is 6.01. The Morgan fingerprint density at radius 3 is 2.47 bits per heavy atom. The van der Waals surface area contributed by atoms with Crippen LogP contribution in [0.5, 0.6) is 5.75 Å². The summed E-state index contributed by atoms with van der Waals surface area (Å²) in [7, 11) is 5.30. The van der Waals surface area contributed by atoms with E-state index in [2.05, 4.69) is 37.5 Å². The smallest absolute Gasteiger partial charge is 0.229 e. The molecule has 1 fully saturated rings. The molecule has 0 aliphatic carbocycles. The van der Waals surface area contributed by atoms with E-state index >= 15 is 0 Å². The molecule has 1 aliphatic heterocycles. The first-order chi connectivity index (χ1) is 18.4. The van der Waals surface area contributed by atoms with Crippen LogP contribution in [0.4, 0.5) is 5.82 Å². The van der Waals surface area contributed by atoms with Crippen LogP contribution in [-0.4, -0.2) is 65.7 Å². The van der Waals surface area contributed by atoms with E-state index in [9.17, 15) is 4.79 Å². The molecule has 0 spiro atoms. The molecule has 4 rings (SSSR count). The average Bonchev–Trinajstić information content (AvgIpc) is 2.92. The van der Waals surface area contributed by atoms with Crippen molar-refractivity contribution in [3.63, 3.8) is 0 Å². The summed E-state index contributed by atoms with van der Waals surface area (Å²) in [4.78, 5) is 18.2. The second-order valence-corrected chi connectivity index (χ2v) is 9.61. The molecule has 1 aliphatic rings. The van der Waals surface area contributed by atoms with E-state index in [1.165, 1.54) is 5.56 Å². The Balaban J connectivity index is 0.000000260. The Kier molecular flexibility index (Phi) is 11.4. The third kappa shape index (κ3) is 9.05. The third-order valence-corrected chi connectivity index (χ3v) is 6.49. The number of nitrogens with one attached hydrogen (secondary N) is 2. The number of nitriles is 1. The molecule has 1 atom stereocenters. The van der Waals surface area contributed by atoms with Crippen molar-refractivity contribution in [2.75, 3.05) is 38.6 Å². The van der Waals surface area contributed by atoms with Crippen molar-refractivity contribution in [2.45, 2.75) is 25.4 Å². The van der Waals surface area contributed by atoms with Crippen LogP contribution in [-0.2, 0) is 11.2 Å². The lowest BCUT2D eigenvalue weighted by atomic mass is 10.0. The van der Waals surface area contributed by atoms with Gasteiger partial charge in [-0.25, -0.2) is 4.98 Å². The lowest BCUT2D eigenvalue weighted by molar-refractivity contribution is -0.115. The second-order valence-electron chi connectivity index (χ2n) is 9.03. The molecule has 38 heavy (non-hydrogen) atoms. The van der Waals surface area contributed by atoms with Gasteiger partial charge in [0.2, 0.25) is 5.91 Å². The van der Waals surface area contributed by atoms with Crippen molar-refractivity contribution >= 4 is 26.0 Å². The molecule has 1 aromatic heterocycles. The summed E-state index contributed by atoms with van der Waals surface area (Å²) in [5, 5.41) is 23.5. The van der Waals surface area contributed by atoms with E-state index in [0.717, 1.165) is 36.2 Å². The van der Waals surface area contributed by atoms with Crippen LogP contribution in [0.1, 0.15) is 29.5 Å². The van der Waals surface area contributed by atoms with Crippen molar-refractivity contribution < 1.29 is 14.6 Å². The van der Waals surface area contributed by atoms with E-state index < -0.39 is 0 Å². The van der Waals surface area contributed by atoms with Crippen molar-refractivity contribution in [1.82, 2.24) is 15.2 Å². The van der Waals surface area contributed by atoms with Crippen LogP contribution in [0.3, 0.4) is 0 Å². The highest BCUT2D eigenvalue weighted by atomic mass is 31.0. The fraction of sp³-hybridized carbons (Fsp3) is 0.310. The molecule has 2 aromatic carbocycles. The Hall–Kier alpha value is -3.60. The predicted octanol–water partition coefficient (Wildman–Crippen LogP) is 3.47. The molecular formula is C29H34N5O3P. The van der Waals surface area contributed by atoms with Gasteiger partial charge in [-0.05, 0) is 48.4 Å². The minimum absolute atomic E-state index is 0.0114. The molecule has 0 saturated carbocycles. The van der Waals surface area contributed by atoms with Crippen molar-refractivity contribution in [2.24, 2.45) is 0 Å². The Morgan fingerprint density at radius 1 is 1.18 bits per heavy atom. The number of carbonyl (C=O) groups excluding carboxylic acids is 1. The number of rotatable bonds is 10. The number of aliphatic hydroxyl groups excluding tert-OH is 1. The van der Waals surface area contributed by atoms with E-state index in [4.69, 9.17) is 15.1 Å². The molecule has 9 heteroatoms. The number of likely N-dealkylation sites (tertiary alicyclic amines) is 1. The van der Waals surface area contributed by atoms with Gasteiger partial charge in [-0.3, -0.25) is 9.69 Å². The van der Waals surface area contributed by atoms with Gasteiger partial charge in [-0.1, -0.05) is 49.4 Å². The van der Waals surface area contributed by atoms with Crippen molar-refractivity contribution in [3.05, 3.63) is 89.6 Å². The number of hydrogen-bond donors (Lipinski definition) is 3. The lowest BCUT2D eigenvalue weighted by Crippen LogP contribution is -2.56. The Morgan fingerprint density at radius 2 is 1.89 bits per heavy atom. The molecule has 1 amide bonds. The summed E-state index contributed by atoms with van der Waals surface area (Å²) in [6.45, 7) is 4.55. The van der Waals surface area contributed by atoms with Crippen LogP contribution < -0.4 is 15.4 Å². The summed E-state index contributed by atoms with van der Waals surface area (Å²) in [5.41, 5.74) is 3.71. The van der Waals surface area contributed by atoms with Gasteiger partial charge in [0.15, 0.2) is 0 Å². The number of benzene rings is 2. The Labute approximate surface area is 226 Å². The maximum absolute atomic E-state index is 12.0. The number of hydrogen-bond acceptors (Lipinski definition) is 6. The summed E-state index contributed by atoms with van der Waals surface area (Å²) < 4.78 is 5.80. The summed E-state index contributed by atoms with van der Waals surface area (Å²) in [6.07, 6.45) is 1.98. The molecule has 0 bridgehead atoms. The maximum atomic E-state index is 12.0. The number of aromatic nitrogens is 1. The first-order valence-electron chi connectivity index (χ1n) is 12.5. The number of nitrogens with zero attached hydrogens (tertiary/aromatic N) is 3. The quantitative estimate of drug-likeness (QED) is 0.344. The summed E-state index contributed by atoms with van der Waals surface area (Å²) >= 11 is 0. The number of likely N-dealkylation sites (N-methyl/N-ethyl adjacent to an activating group) is 1. The van der Waals surface area contributed by atoms with Crippen LogP contribution in [0.2, 0.25) is 0 Å². The predicted molar refractivity (Wildman–Crippen MR) is 153 cm³/mol. The van der Waals surface area contributed by atoms with Crippen molar-refractivity contribution in [1.29, 1.82) is 5.26 Å². The largest absolute Gasteiger partial charge is 0.486 e. The number of aliphatic hydroxyl groups is 1. The van der Waals surface area contributed by atoms with E-state index in [0.29, 0.717) is 23.9 Å².